The Morgan fingerprint density at radius 2 is 2.08 bits per heavy atom. The van der Waals surface area contributed by atoms with Gasteiger partial charge in [0.15, 0.2) is 28.4 Å². The summed E-state index contributed by atoms with van der Waals surface area (Å²) in [5.74, 6) is -3.11. The van der Waals surface area contributed by atoms with Crippen LogP contribution in [0.15, 0.2) is 34.4 Å². The third-order valence-corrected chi connectivity index (χ3v) is 4.15. The minimum absolute atomic E-state index is 0.188. The highest BCUT2D eigenvalue weighted by molar-refractivity contribution is 9.10. The molecule has 0 aliphatic heterocycles. The van der Waals surface area contributed by atoms with Crippen molar-refractivity contribution in [1.82, 2.24) is 14.8 Å². The Balaban J connectivity index is 2.17. The zero-order valence-electron chi connectivity index (χ0n) is 12.2. The van der Waals surface area contributed by atoms with Crippen LogP contribution in [0.5, 0.6) is 5.75 Å². The van der Waals surface area contributed by atoms with E-state index in [9.17, 15) is 13.6 Å². The lowest BCUT2D eigenvalue weighted by Gasteiger charge is -2.10. The van der Waals surface area contributed by atoms with Gasteiger partial charge in [-0.15, -0.1) is 16.8 Å². The lowest BCUT2D eigenvalue weighted by Crippen LogP contribution is -2.09. The third-order valence-electron chi connectivity index (χ3n) is 2.74. The zero-order chi connectivity index (χ0) is 17.7. The number of allylic oxidation sites excluding steroid dienone is 1. The first-order chi connectivity index (χ1) is 11.4. The molecule has 0 aliphatic carbocycles. The minimum Gasteiger partial charge on any atom is -0.481 e. The van der Waals surface area contributed by atoms with Gasteiger partial charge < -0.3 is 9.84 Å². The molecule has 1 heterocycles. The molecule has 0 atom stereocenters. The number of hydrogen-bond acceptors (Lipinski definition) is 5. The van der Waals surface area contributed by atoms with E-state index < -0.39 is 23.4 Å². The van der Waals surface area contributed by atoms with Gasteiger partial charge in [-0.05, 0) is 12.1 Å². The number of aromatic nitrogens is 3. The molecule has 0 unspecified atom stereocenters. The topological polar surface area (TPSA) is 77.2 Å². The van der Waals surface area contributed by atoms with Gasteiger partial charge in [-0.2, -0.15) is 0 Å². The van der Waals surface area contributed by atoms with Crippen LogP contribution in [-0.4, -0.2) is 31.6 Å². The number of nitrogens with zero attached hydrogens (tertiary/aromatic N) is 3. The second-order valence-corrected chi connectivity index (χ2v) is 6.33. The van der Waals surface area contributed by atoms with E-state index in [-0.39, 0.29) is 16.8 Å². The number of carboxylic acid groups (broad SMARTS) is 1. The standard InChI is InChI=1S/C14H12BrF2N3O3S/c1-2-3-20-11(18-19-14(20)24-7-12(21)22)6-23-13-9(16)4-8(15)5-10(13)17/h2,4-5H,1,3,6-7H2,(H,21,22). The Morgan fingerprint density at radius 1 is 1.42 bits per heavy atom. The average molecular weight is 420 g/mol. The number of carboxylic acids is 1. The number of carbonyl (C=O) groups is 1. The summed E-state index contributed by atoms with van der Waals surface area (Å²) in [5, 5.41) is 16.8. The molecule has 0 amide bonds. The first-order valence-electron chi connectivity index (χ1n) is 6.57. The van der Waals surface area contributed by atoms with E-state index >= 15 is 0 Å². The first-order valence-corrected chi connectivity index (χ1v) is 8.35. The lowest BCUT2D eigenvalue weighted by atomic mass is 10.3. The third kappa shape index (κ3) is 4.54. The molecule has 24 heavy (non-hydrogen) atoms. The molecule has 0 fully saturated rings. The Morgan fingerprint density at radius 3 is 2.67 bits per heavy atom. The van der Waals surface area contributed by atoms with E-state index in [0.29, 0.717) is 17.5 Å². The number of aliphatic carboxylic acids is 1. The lowest BCUT2D eigenvalue weighted by molar-refractivity contribution is -0.133. The maximum atomic E-state index is 13.8. The van der Waals surface area contributed by atoms with E-state index in [0.717, 1.165) is 23.9 Å². The Kier molecular flexibility index (Phi) is 6.32. The van der Waals surface area contributed by atoms with Crippen molar-refractivity contribution < 1.29 is 23.4 Å². The quantitative estimate of drug-likeness (QED) is 0.522. The molecule has 0 spiro atoms. The summed E-state index contributed by atoms with van der Waals surface area (Å²) in [5.41, 5.74) is 0. The smallest absolute Gasteiger partial charge is 0.313 e. The van der Waals surface area contributed by atoms with Crippen LogP contribution in [0.1, 0.15) is 5.82 Å². The van der Waals surface area contributed by atoms with Crippen molar-refractivity contribution in [3.63, 3.8) is 0 Å². The zero-order valence-corrected chi connectivity index (χ0v) is 14.6. The molecule has 0 radical (unpaired) electrons. The summed E-state index contributed by atoms with van der Waals surface area (Å²) in [4.78, 5) is 10.7. The molecule has 0 saturated heterocycles. The molecular formula is C14H12BrF2N3O3S. The van der Waals surface area contributed by atoms with Crippen LogP contribution >= 0.6 is 27.7 Å². The van der Waals surface area contributed by atoms with Gasteiger partial charge in [0.2, 0.25) is 0 Å². The van der Waals surface area contributed by atoms with Crippen LogP contribution in [0.4, 0.5) is 8.78 Å². The van der Waals surface area contributed by atoms with Crippen molar-refractivity contribution in [2.75, 3.05) is 5.75 Å². The van der Waals surface area contributed by atoms with Gasteiger partial charge in [0.25, 0.3) is 0 Å². The SMILES string of the molecule is C=CCn1c(COc2c(F)cc(Br)cc2F)nnc1SCC(=O)O. The van der Waals surface area contributed by atoms with Crippen LogP contribution in [0, 0.1) is 11.6 Å². The maximum absolute atomic E-state index is 13.8. The molecular weight excluding hydrogens is 408 g/mol. The summed E-state index contributed by atoms with van der Waals surface area (Å²) in [6, 6.07) is 2.17. The van der Waals surface area contributed by atoms with E-state index in [1.54, 1.807) is 10.6 Å². The van der Waals surface area contributed by atoms with Crippen LogP contribution in [0.2, 0.25) is 0 Å². The highest BCUT2D eigenvalue weighted by atomic mass is 79.9. The number of ether oxygens (including phenoxy) is 1. The van der Waals surface area contributed by atoms with E-state index in [4.69, 9.17) is 9.84 Å². The van der Waals surface area contributed by atoms with E-state index in [1.165, 1.54) is 0 Å². The monoisotopic (exact) mass is 419 g/mol. The Bertz CT molecular complexity index is 747. The first kappa shape index (κ1) is 18.4. The summed E-state index contributed by atoms with van der Waals surface area (Å²) in [7, 11) is 0. The normalized spacial score (nSPS) is 10.6. The van der Waals surface area contributed by atoms with Crippen molar-refractivity contribution in [3.05, 3.63) is 46.7 Å². The van der Waals surface area contributed by atoms with Crippen LogP contribution in [0.3, 0.4) is 0 Å². The Hall–Kier alpha value is -1.94. The highest BCUT2D eigenvalue weighted by Crippen LogP contribution is 2.27. The molecule has 1 aromatic carbocycles. The molecule has 6 nitrogen and oxygen atoms in total. The fourth-order valence-corrected chi connectivity index (χ4v) is 2.86. The molecule has 2 aromatic rings. The van der Waals surface area contributed by atoms with Crippen LogP contribution in [-0.2, 0) is 17.9 Å². The second kappa shape index (κ2) is 8.25. The Labute approximate surface area is 148 Å². The van der Waals surface area contributed by atoms with Crippen LogP contribution < -0.4 is 4.74 Å². The highest BCUT2D eigenvalue weighted by Gasteiger charge is 2.17. The van der Waals surface area contributed by atoms with Crippen molar-refractivity contribution in [2.45, 2.75) is 18.3 Å². The molecule has 128 valence electrons. The molecule has 0 bridgehead atoms. The molecule has 0 saturated carbocycles. The van der Waals surface area contributed by atoms with Crippen molar-refractivity contribution >= 4 is 33.7 Å². The number of benzene rings is 1. The van der Waals surface area contributed by atoms with Gasteiger partial charge in [0.1, 0.15) is 6.61 Å². The second-order valence-electron chi connectivity index (χ2n) is 4.47. The molecule has 1 aromatic heterocycles. The van der Waals surface area contributed by atoms with E-state index in [1.807, 2.05) is 0 Å². The number of hydrogen-bond donors (Lipinski definition) is 1. The van der Waals surface area contributed by atoms with Gasteiger partial charge in [-0.1, -0.05) is 33.8 Å². The molecule has 10 heteroatoms. The van der Waals surface area contributed by atoms with Gasteiger partial charge >= 0.3 is 5.97 Å². The predicted octanol–water partition coefficient (Wildman–Crippen LogP) is 3.26. The van der Waals surface area contributed by atoms with Crippen LogP contribution in [0.25, 0.3) is 0 Å². The molecule has 1 N–H and O–H groups in total. The average Bonchev–Trinajstić information content (AvgIpc) is 2.87. The van der Waals surface area contributed by atoms with Crippen molar-refractivity contribution in [1.29, 1.82) is 0 Å². The van der Waals surface area contributed by atoms with Gasteiger partial charge in [-0.25, -0.2) is 8.78 Å². The van der Waals surface area contributed by atoms with Gasteiger partial charge in [-0.3, -0.25) is 9.36 Å². The van der Waals surface area contributed by atoms with Gasteiger partial charge in [0.05, 0.1) is 5.75 Å². The minimum atomic E-state index is -0.995. The molecule has 0 aliphatic rings. The van der Waals surface area contributed by atoms with Gasteiger partial charge in [0, 0.05) is 11.0 Å². The van der Waals surface area contributed by atoms with Crippen molar-refractivity contribution in [2.24, 2.45) is 0 Å². The number of rotatable bonds is 8. The van der Waals surface area contributed by atoms with Crippen molar-refractivity contribution in [3.8, 4) is 5.75 Å². The largest absolute Gasteiger partial charge is 0.481 e. The predicted molar refractivity (Wildman–Crippen MR) is 87.0 cm³/mol. The summed E-state index contributed by atoms with van der Waals surface area (Å²) in [6.45, 7) is 3.67. The summed E-state index contributed by atoms with van der Waals surface area (Å²) in [6.07, 6.45) is 1.57. The summed E-state index contributed by atoms with van der Waals surface area (Å²) < 4.78 is 34.5. The maximum Gasteiger partial charge on any atom is 0.313 e. The fourth-order valence-electron chi connectivity index (χ4n) is 1.77. The molecule has 2 rings (SSSR count). The number of halogens is 3. The summed E-state index contributed by atoms with van der Waals surface area (Å²) >= 11 is 3.96. The fraction of sp³-hybridized carbons (Fsp3) is 0.214. The number of thioether (sulfide) groups is 1. The van der Waals surface area contributed by atoms with E-state index in [2.05, 4.69) is 32.7 Å².